The van der Waals surface area contributed by atoms with E-state index in [0.717, 1.165) is 38.1 Å². The van der Waals surface area contributed by atoms with Crippen LogP contribution in [0.5, 0.6) is 0 Å². The molecule has 1 N–H and O–H groups in total. The number of aryl methyl sites for hydroxylation is 1. The van der Waals surface area contributed by atoms with E-state index in [4.69, 9.17) is 14.6 Å². The van der Waals surface area contributed by atoms with Gasteiger partial charge in [-0.15, -0.1) is 10.2 Å². The second-order valence-corrected chi connectivity index (χ2v) is 5.84. The minimum absolute atomic E-state index is 0.0170. The number of carboxylic acid groups (broad SMARTS) is 1. The van der Waals surface area contributed by atoms with Crippen LogP contribution in [-0.2, 0) is 27.2 Å². The predicted octanol–water partition coefficient (Wildman–Crippen LogP) is 1.21. The molecule has 0 spiro atoms. The smallest absolute Gasteiger partial charge is 0.313 e. The molecule has 1 aliphatic heterocycles. The zero-order valence-electron chi connectivity index (χ0n) is 12.2. The number of ether oxygens (including phenoxy) is 2. The summed E-state index contributed by atoms with van der Waals surface area (Å²) in [5.74, 6) is -0.00531. The molecule has 8 heteroatoms. The lowest BCUT2D eigenvalue weighted by molar-refractivity contribution is -0.133. The maximum Gasteiger partial charge on any atom is 0.313 e. The molecule has 1 aromatic rings. The van der Waals surface area contributed by atoms with E-state index >= 15 is 0 Å². The molecule has 0 aliphatic carbocycles. The van der Waals surface area contributed by atoms with Crippen LogP contribution in [0.1, 0.15) is 25.1 Å². The van der Waals surface area contributed by atoms with Gasteiger partial charge in [0, 0.05) is 26.7 Å². The molecule has 7 nitrogen and oxygen atoms in total. The summed E-state index contributed by atoms with van der Waals surface area (Å²) in [4.78, 5) is 10.7. The Kier molecular flexibility index (Phi) is 6.47. The summed E-state index contributed by atoms with van der Waals surface area (Å²) in [6.45, 7) is 2.03. The number of thioether (sulfide) groups is 1. The van der Waals surface area contributed by atoms with Crippen molar-refractivity contribution in [3.63, 3.8) is 0 Å². The summed E-state index contributed by atoms with van der Waals surface area (Å²) >= 11 is 1.19. The van der Waals surface area contributed by atoms with Crippen LogP contribution in [0.2, 0.25) is 0 Å². The van der Waals surface area contributed by atoms with Gasteiger partial charge >= 0.3 is 5.97 Å². The number of hydrogen-bond donors (Lipinski definition) is 1. The van der Waals surface area contributed by atoms with E-state index in [1.165, 1.54) is 11.8 Å². The fraction of sp³-hybridized carbons (Fsp3) is 0.769. The van der Waals surface area contributed by atoms with Crippen molar-refractivity contribution in [3.8, 4) is 0 Å². The van der Waals surface area contributed by atoms with E-state index in [9.17, 15) is 4.79 Å². The van der Waals surface area contributed by atoms with E-state index in [1.54, 1.807) is 7.11 Å². The first-order valence-corrected chi connectivity index (χ1v) is 8.06. The van der Waals surface area contributed by atoms with E-state index in [0.29, 0.717) is 24.4 Å². The molecular weight excluding hydrogens is 294 g/mol. The average Bonchev–Trinajstić information content (AvgIpc) is 3.10. The second kappa shape index (κ2) is 8.35. The monoisotopic (exact) mass is 315 g/mol. The number of aromatic nitrogens is 3. The molecule has 0 bridgehead atoms. The van der Waals surface area contributed by atoms with Crippen molar-refractivity contribution in [1.82, 2.24) is 14.8 Å². The maximum atomic E-state index is 10.7. The van der Waals surface area contributed by atoms with Crippen LogP contribution in [0.25, 0.3) is 0 Å². The first-order chi connectivity index (χ1) is 10.2. The van der Waals surface area contributed by atoms with Crippen molar-refractivity contribution in [2.24, 2.45) is 0 Å². The molecule has 0 amide bonds. The molecule has 1 atom stereocenters. The summed E-state index contributed by atoms with van der Waals surface area (Å²) in [5.41, 5.74) is 0. The van der Waals surface area contributed by atoms with Crippen LogP contribution in [0.15, 0.2) is 5.16 Å². The van der Waals surface area contributed by atoms with E-state index in [2.05, 4.69) is 10.2 Å². The Balaban J connectivity index is 1.98. The van der Waals surface area contributed by atoms with Crippen molar-refractivity contribution in [3.05, 3.63) is 5.82 Å². The van der Waals surface area contributed by atoms with Gasteiger partial charge in [-0.25, -0.2) is 0 Å². The third-order valence-electron chi connectivity index (χ3n) is 3.35. The lowest BCUT2D eigenvalue weighted by Crippen LogP contribution is -2.13. The zero-order valence-corrected chi connectivity index (χ0v) is 13.0. The number of methoxy groups -OCH3 is 1. The predicted molar refractivity (Wildman–Crippen MR) is 77.6 cm³/mol. The molecule has 1 aromatic heterocycles. The lowest BCUT2D eigenvalue weighted by atomic mass is 10.1. The van der Waals surface area contributed by atoms with E-state index in [-0.39, 0.29) is 5.75 Å². The molecular formula is C13H21N3O4S. The van der Waals surface area contributed by atoms with Gasteiger partial charge in [-0.1, -0.05) is 11.8 Å². The standard InChI is InChI=1S/C13H21N3O4S/c1-19-8-6-16-11(5-4-10-3-2-7-20-10)14-15-13(16)21-9-12(17)18/h10H,2-9H2,1H3,(H,17,18). The van der Waals surface area contributed by atoms with Crippen LogP contribution in [0.3, 0.4) is 0 Å². The highest BCUT2D eigenvalue weighted by Gasteiger charge is 2.18. The van der Waals surface area contributed by atoms with Crippen LogP contribution in [0.4, 0.5) is 0 Å². The summed E-state index contributed by atoms with van der Waals surface area (Å²) in [6.07, 6.45) is 4.25. The molecule has 2 heterocycles. The number of hydrogen-bond acceptors (Lipinski definition) is 6. The largest absolute Gasteiger partial charge is 0.481 e. The van der Waals surface area contributed by atoms with Crippen molar-refractivity contribution in [2.45, 2.75) is 43.5 Å². The number of rotatable bonds is 9. The van der Waals surface area contributed by atoms with E-state index < -0.39 is 5.97 Å². The quantitative estimate of drug-likeness (QED) is 0.685. The Bertz CT molecular complexity index is 460. The zero-order chi connectivity index (χ0) is 15.1. The van der Waals surface area contributed by atoms with Gasteiger partial charge in [0.25, 0.3) is 0 Å². The summed E-state index contributed by atoms with van der Waals surface area (Å²) in [5, 5.41) is 17.7. The molecule has 1 saturated heterocycles. The molecule has 0 radical (unpaired) electrons. The third-order valence-corrected chi connectivity index (χ3v) is 4.30. The Hall–Kier alpha value is -1.12. The van der Waals surface area contributed by atoms with Crippen molar-refractivity contribution in [1.29, 1.82) is 0 Å². The minimum atomic E-state index is -0.859. The van der Waals surface area contributed by atoms with Crippen LogP contribution in [-0.4, -0.2) is 58.0 Å². The normalized spacial score (nSPS) is 18.2. The SMILES string of the molecule is COCCn1c(CCC2CCCO2)nnc1SCC(=O)O. The average molecular weight is 315 g/mol. The molecule has 118 valence electrons. The minimum Gasteiger partial charge on any atom is -0.481 e. The van der Waals surface area contributed by atoms with Crippen LogP contribution in [0, 0.1) is 0 Å². The molecule has 1 fully saturated rings. The van der Waals surface area contributed by atoms with E-state index in [1.807, 2.05) is 4.57 Å². The summed E-state index contributed by atoms with van der Waals surface area (Å²) in [7, 11) is 1.64. The van der Waals surface area contributed by atoms with Gasteiger partial charge < -0.3 is 19.1 Å². The molecule has 2 rings (SSSR count). The number of nitrogens with zero attached hydrogens (tertiary/aromatic N) is 3. The Morgan fingerprint density at radius 2 is 2.43 bits per heavy atom. The number of aliphatic carboxylic acids is 1. The maximum absolute atomic E-state index is 10.7. The van der Waals surface area contributed by atoms with Gasteiger partial charge in [0.15, 0.2) is 5.16 Å². The van der Waals surface area contributed by atoms with Gasteiger partial charge in [-0.2, -0.15) is 0 Å². The van der Waals surface area contributed by atoms with Crippen molar-refractivity contribution in [2.75, 3.05) is 26.1 Å². The van der Waals surface area contributed by atoms with Gasteiger partial charge in [0.1, 0.15) is 5.82 Å². The molecule has 0 saturated carbocycles. The van der Waals surface area contributed by atoms with Crippen molar-refractivity contribution < 1.29 is 19.4 Å². The summed E-state index contributed by atoms with van der Waals surface area (Å²) in [6, 6.07) is 0. The van der Waals surface area contributed by atoms with Crippen LogP contribution >= 0.6 is 11.8 Å². The highest BCUT2D eigenvalue weighted by atomic mass is 32.2. The first-order valence-electron chi connectivity index (χ1n) is 7.08. The fourth-order valence-corrected chi connectivity index (χ4v) is 3.01. The van der Waals surface area contributed by atoms with Gasteiger partial charge in [0.2, 0.25) is 0 Å². The molecule has 0 aromatic carbocycles. The highest BCUT2D eigenvalue weighted by Crippen LogP contribution is 2.20. The second-order valence-electron chi connectivity index (χ2n) is 4.90. The van der Waals surface area contributed by atoms with Gasteiger partial charge in [0.05, 0.1) is 18.5 Å². The fourth-order valence-electron chi connectivity index (χ4n) is 2.31. The molecule has 21 heavy (non-hydrogen) atoms. The molecule has 1 aliphatic rings. The Labute approximate surface area is 128 Å². The van der Waals surface area contributed by atoms with Crippen LogP contribution < -0.4 is 0 Å². The van der Waals surface area contributed by atoms with Gasteiger partial charge in [-0.05, 0) is 19.3 Å². The Morgan fingerprint density at radius 1 is 1.57 bits per heavy atom. The number of carboxylic acids is 1. The topological polar surface area (TPSA) is 86.5 Å². The molecule has 1 unspecified atom stereocenters. The third kappa shape index (κ3) is 4.98. The lowest BCUT2D eigenvalue weighted by Gasteiger charge is -2.11. The van der Waals surface area contributed by atoms with Gasteiger partial charge in [-0.3, -0.25) is 4.79 Å². The summed E-state index contributed by atoms with van der Waals surface area (Å²) < 4.78 is 12.7. The van der Waals surface area contributed by atoms with Crippen molar-refractivity contribution >= 4 is 17.7 Å². The highest BCUT2D eigenvalue weighted by molar-refractivity contribution is 7.99. The Morgan fingerprint density at radius 3 is 3.10 bits per heavy atom. The first kappa shape index (κ1) is 16.3. The number of carbonyl (C=O) groups is 1.